The second-order valence-electron chi connectivity index (χ2n) is 4.83. The average Bonchev–Trinajstić information content (AvgIpc) is 2.51. The smallest absolute Gasteiger partial charge is 0.277 e. The highest BCUT2D eigenvalue weighted by Crippen LogP contribution is 2.27. The van der Waals surface area contributed by atoms with Crippen molar-refractivity contribution >= 4 is 35.3 Å². The van der Waals surface area contributed by atoms with Gasteiger partial charge in [0.1, 0.15) is 0 Å². The normalized spacial score (nSPS) is 10.2. The topological polar surface area (TPSA) is 153 Å². The predicted octanol–water partition coefficient (Wildman–Crippen LogP) is 2.74. The van der Waals surface area contributed by atoms with Crippen LogP contribution in [0.2, 0.25) is 0 Å². The Morgan fingerprint density at radius 3 is 2.00 bits per heavy atom. The number of carbonyl (C=O) groups excluding carboxylic acids is 1. The van der Waals surface area contributed by atoms with Crippen molar-refractivity contribution in [3.8, 4) is 0 Å². The molecule has 2 rings (SSSR count). The van der Waals surface area contributed by atoms with Crippen molar-refractivity contribution in [3.05, 3.63) is 55.9 Å². The number of aryl methyl sites for hydroxylation is 2. The number of rotatable bonds is 5. The number of non-ortho nitro benzene ring substituents is 2. The second-order valence-corrected chi connectivity index (χ2v) is 5.71. The van der Waals surface area contributed by atoms with Crippen LogP contribution in [-0.2, 0) is 0 Å². The van der Waals surface area contributed by atoms with Crippen LogP contribution < -0.4 is 10.0 Å². The molecule has 0 unspecified atom stereocenters. The molecule has 0 aliphatic carbocycles. The molecule has 25 heavy (non-hydrogen) atoms. The van der Waals surface area contributed by atoms with E-state index in [1.807, 2.05) is 0 Å². The molecule has 2 amide bonds. The van der Waals surface area contributed by atoms with Crippen LogP contribution in [0.4, 0.5) is 22.1 Å². The fourth-order valence-corrected chi connectivity index (χ4v) is 2.47. The number of hydrogen-bond acceptors (Lipinski definition) is 8. The van der Waals surface area contributed by atoms with E-state index < -0.39 is 27.3 Å². The summed E-state index contributed by atoms with van der Waals surface area (Å²) in [6, 6.07) is 4.13. The monoisotopic (exact) mass is 364 g/mol. The van der Waals surface area contributed by atoms with Crippen molar-refractivity contribution in [2.24, 2.45) is 0 Å². The summed E-state index contributed by atoms with van der Waals surface area (Å²) >= 11 is 0.693. The highest BCUT2D eigenvalue weighted by Gasteiger charge is 2.17. The number of nitrogens with zero attached hydrogens (tertiary/aromatic N) is 4. The molecule has 11 nitrogen and oxygen atoms in total. The van der Waals surface area contributed by atoms with Crippen LogP contribution in [0.5, 0.6) is 0 Å². The number of nitrogens with one attached hydrogen (secondary N) is 2. The van der Waals surface area contributed by atoms with Crippen molar-refractivity contribution in [1.29, 1.82) is 0 Å². The Labute approximate surface area is 145 Å². The minimum absolute atomic E-state index is 0.0978. The van der Waals surface area contributed by atoms with E-state index in [1.165, 1.54) is 0 Å². The summed E-state index contributed by atoms with van der Waals surface area (Å²) in [4.78, 5) is 40.2. The molecule has 0 atom stereocenters. The third-order valence-corrected chi connectivity index (χ3v) is 3.53. The van der Waals surface area contributed by atoms with Crippen LogP contribution in [0.25, 0.3) is 0 Å². The summed E-state index contributed by atoms with van der Waals surface area (Å²) in [6.45, 7) is 3.49. The molecule has 2 aromatic rings. The zero-order valence-electron chi connectivity index (χ0n) is 13.0. The molecule has 0 fully saturated rings. The van der Waals surface area contributed by atoms with Crippen molar-refractivity contribution in [1.82, 2.24) is 14.7 Å². The maximum atomic E-state index is 11.9. The molecule has 0 aliphatic rings. The van der Waals surface area contributed by atoms with E-state index >= 15 is 0 Å². The van der Waals surface area contributed by atoms with Gasteiger partial charge in [0.25, 0.3) is 11.4 Å². The van der Waals surface area contributed by atoms with Crippen LogP contribution in [0.3, 0.4) is 0 Å². The minimum Gasteiger partial charge on any atom is -0.277 e. The lowest BCUT2D eigenvalue weighted by Crippen LogP contribution is -2.24. The molecule has 0 spiro atoms. The predicted molar refractivity (Wildman–Crippen MR) is 89.3 cm³/mol. The molecule has 1 aromatic heterocycles. The lowest BCUT2D eigenvalue weighted by atomic mass is 10.3. The molecule has 0 saturated heterocycles. The van der Waals surface area contributed by atoms with Crippen molar-refractivity contribution < 1.29 is 14.6 Å². The Bertz CT molecular complexity index is 806. The van der Waals surface area contributed by atoms with Gasteiger partial charge in [-0.05, 0) is 31.9 Å². The van der Waals surface area contributed by atoms with E-state index in [1.54, 1.807) is 19.9 Å². The number of carbonyl (C=O) groups is 1. The summed E-state index contributed by atoms with van der Waals surface area (Å²) in [6.07, 6.45) is 0. The number of benzene rings is 1. The van der Waals surface area contributed by atoms with Crippen LogP contribution in [0, 0.1) is 34.1 Å². The van der Waals surface area contributed by atoms with Gasteiger partial charge < -0.3 is 0 Å². The summed E-state index contributed by atoms with van der Waals surface area (Å²) < 4.78 is 2.36. The number of urea groups is 1. The van der Waals surface area contributed by atoms with Crippen molar-refractivity contribution in [2.45, 2.75) is 18.7 Å². The molecule has 2 N–H and O–H groups in total. The van der Waals surface area contributed by atoms with Gasteiger partial charge in [0.05, 0.1) is 15.9 Å². The number of aromatic nitrogens is 2. The Balaban J connectivity index is 2.08. The second kappa shape index (κ2) is 7.53. The minimum atomic E-state index is -0.750. The van der Waals surface area contributed by atoms with Gasteiger partial charge >= 0.3 is 6.03 Å². The number of nitro benzene ring substituents is 2. The van der Waals surface area contributed by atoms with Crippen molar-refractivity contribution in [3.63, 3.8) is 0 Å². The highest BCUT2D eigenvalue weighted by molar-refractivity contribution is 7.98. The molecular formula is C13H12N6O5S. The van der Waals surface area contributed by atoms with E-state index in [0.717, 1.165) is 18.2 Å². The van der Waals surface area contributed by atoms with Gasteiger partial charge in [-0.2, -0.15) is 0 Å². The van der Waals surface area contributed by atoms with Gasteiger partial charge in [-0.15, -0.1) is 0 Å². The molecule has 0 bridgehead atoms. The summed E-state index contributed by atoms with van der Waals surface area (Å²) in [5.74, 6) is 0.0978. The van der Waals surface area contributed by atoms with Crippen LogP contribution in [-0.4, -0.2) is 25.8 Å². The fourth-order valence-electron chi connectivity index (χ4n) is 1.85. The van der Waals surface area contributed by atoms with E-state index in [2.05, 4.69) is 20.0 Å². The molecular weight excluding hydrogens is 352 g/mol. The van der Waals surface area contributed by atoms with Crippen LogP contribution in [0.15, 0.2) is 29.2 Å². The first-order valence-corrected chi connectivity index (χ1v) is 7.56. The fraction of sp³-hybridized carbons (Fsp3) is 0.154. The number of anilines is 1. The largest absolute Gasteiger partial charge is 0.331 e. The van der Waals surface area contributed by atoms with Gasteiger partial charge in [-0.3, -0.25) is 30.3 Å². The molecule has 12 heteroatoms. The van der Waals surface area contributed by atoms with E-state index in [-0.39, 0.29) is 10.8 Å². The lowest BCUT2D eigenvalue weighted by molar-refractivity contribution is -0.394. The third kappa shape index (κ3) is 5.10. The van der Waals surface area contributed by atoms with Crippen LogP contribution in [0.1, 0.15) is 11.4 Å². The Morgan fingerprint density at radius 2 is 1.52 bits per heavy atom. The van der Waals surface area contributed by atoms with E-state index in [9.17, 15) is 25.0 Å². The number of nitro groups is 2. The SMILES string of the molecule is Cc1cc(C)nc(NC(=O)NSc2cc([N+](=O)[O-])cc([N+](=O)[O-])c2)n1. The van der Waals surface area contributed by atoms with Gasteiger partial charge in [-0.25, -0.2) is 14.8 Å². The quantitative estimate of drug-likeness (QED) is 0.466. The zero-order valence-corrected chi connectivity index (χ0v) is 13.9. The maximum Gasteiger partial charge on any atom is 0.331 e. The first kappa shape index (κ1) is 18.1. The number of amides is 2. The average molecular weight is 364 g/mol. The first-order valence-electron chi connectivity index (χ1n) is 6.74. The molecule has 1 aromatic carbocycles. The van der Waals surface area contributed by atoms with Gasteiger partial charge in [0.2, 0.25) is 5.95 Å². The lowest BCUT2D eigenvalue weighted by Gasteiger charge is -2.07. The highest BCUT2D eigenvalue weighted by atomic mass is 32.2. The van der Waals surface area contributed by atoms with Gasteiger partial charge in [-0.1, -0.05) is 0 Å². The standard InChI is InChI=1S/C13H12N6O5S/c1-7-3-8(2)15-12(14-7)16-13(20)17-25-11-5-9(18(21)22)4-10(6-11)19(23)24/h3-6H,1-2H3,(H2,14,15,16,17,20). The summed E-state index contributed by atoms with van der Waals surface area (Å²) in [7, 11) is 0. The van der Waals surface area contributed by atoms with Crippen LogP contribution >= 0.6 is 11.9 Å². The molecule has 0 radical (unpaired) electrons. The Morgan fingerprint density at radius 1 is 1.00 bits per heavy atom. The molecule has 130 valence electrons. The third-order valence-electron chi connectivity index (χ3n) is 2.77. The molecule has 0 saturated carbocycles. The first-order chi connectivity index (χ1) is 11.7. The van der Waals surface area contributed by atoms with Gasteiger partial charge in [0, 0.05) is 28.4 Å². The van der Waals surface area contributed by atoms with E-state index in [0.29, 0.717) is 23.3 Å². The number of hydrogen-bond donors (Lipinski definition) is 2. The zero-order chi connectivity index (χ0) is 18.6. The maximum absolute atomic E-state index is 11.9. The van der Waals surface area contributed by atoms with E-state index in [4.69, 9.17) is 0 Å². The summed E-state index contributed by atoms with van der Waals surface area (Å²) in [5.41, 5.74) is 0.447. The Hall–Kier alpha value is -3.28. The summed E-state index contributed by atoms with van der Waals surface area (Å²) in [5, 5.41) is 24.1. The molecule has 0 aliphatic heterocycles. The van der Waals surface area contributed by atoms with Gasteiger partial charge in [0.15, 0.2) is 0 Å². The Kier molecular flexibility index (Phi) is 5.44. The molecule has 1 heterocycles. The van der Waals surface area contributed by atoms with Crippen molar-refractivity contribution in [2.75, 3.05) is 5.32 Å².